The highest BCUT2D eigenvalue weighted by Gasteiger charge is 2.17. The minimum absolute atomic E-state index is 0.0495. The van der Waals surface area contributed by atoms with Crippen molar-refractivity contribution in [3.05, 3.63) is 34.9 Å². The SMILES string of the molecule is CCC(C)C(=O)N[C@H](CO)c1cccc(Cl)c1. The summed E-state index contributed by atoms with van der Waals surface area (Å²) in [6.07, 6.45) is 0.777. The summed E-state index contributed by atoms with van der Waals surface area (Å²) in [4.78, 5) is 11.7. The Kier molecular flexibility index (Phi) is 5.45. The monoisotopic (exact) mass is 255 g/mol. The van der Waals surface area contributed by atoms with Crippen LogP contribution in [-0.4, -0.2) is 17.6 Å². The van der Waals surface area contributed by atoms with Gasteiger partial charge >= 0.3 is 0 Å². The third-order valence-corrected chi connectivity index (χ3v) is 3.05. The van der Waals surface area contributed by atoms with Crippen molar-refractivity contribution in [1.82, 2.24) is 5.32 Å². The molecule has 0 saturated carbocycles. The minimum atomic E-state index is -0.393. The van der Waals surface area contributed by atoms with Gasteiger partial charge in [0.2, 0.25) is 5.91 Å². The lowest BCUT2D eigenvalue weighted by Crippen LogP contribution is -2.34. The first-order chi connectivity index (χ1) is 8.08. The fraction of sp³-hybridized carbons (Fsp3) is 0.462. The number of hydrogen-bond acceptors (Lipinski definition) is 2. The second-order valence-electron chi connectivity index (χ2n) is 4.11. The summed E-state index contributed by atoms with van der Waals surface area (Å²) in [5, 5.41) is 12.7. The summed E-state index contributed by atoms with van der Waals surface area (Å²) in [7, 11) is 0. The van der Waals surface area contributed by atoms with E-state index in [2.05, 4.69) is 5.32 Å². The molecule has 4 heteroatoms. The van der Waals surface area contributed by atoms with Crippen LogP contribution in [0.2, 0.25) is 5.02 Å². The lowest BCUT2D eigenvalue weighted by Gasteiger charge is -2.19. The molecule has 94 valence electrons. The molecule has 1 aromatic carbocycles. The van der Waals surface area contributed by atoms with Gasteiger partial charge in [-0.3, -0.25) is 4.79 Å². The normalized spacial score (nSPS) is 14.1. The lowest BCUT2D eigenvalue weighted by molar-refractivity contribution is -0.125. The van der Waals surface area contributed by atoms with Crippen LogP contribution < -0.4 is 5.32 Å². The van der Waals surface area contributed by atoms with Crippen molar-refractivity contribution in [3.8, 4) is 0 Å². The Morgan fingerprint density at radius 3 is 2.76 bits per heavy atom. The average molecular weight is 256 g/mol. The van der Waals surface area contributed by atoms with Crippen molar-refractivity contribution in [3.63, 3.8) is 0 Å². The van der Waals surface area contributed by atoms with Gasteiger partial charge in [0.15, 0.2) is 0 Å². The van der Waals surface area contributed by atoms with Crippen LogP contribution in [0.1, 0.15) is 31.9 Å². The zero-order chi connectivity index (χ0) is 12.8. The van der Waals surface area contributed by atoms with E-state index in [1.165, 1.54) is 0 Å². The fourth-order valence-electron chi connectivity index (χ4n) is 1.46. The number of hydrogen-bond donors (Lipinski definition) is 2. The summed E-state index contributed by atoms with van der Waals surface area (Å²) in [5.41, 5.74) is 0.816. The second-order valence-corrected chi connectivity index (χ2v) is 4.54. The Balaban J connectivity index is 2.75. The quantitative estimate of drug-likeness (QED) is 0.850. The molecule has 0 fully saturated rings. The van der Waals surface area contributed by atoms with Crippen LogP contribution >= 0.6 is 11.6 Å². The Labute approximate surface area is 107 Å². The molecule has 0 bridgehead atoms. The Morgan fingerprint density at radius 2 is 2.24 bits per heavy atom. The molecule has 1 aromatic rings. The molecule has 17 heavy (non-hydrogen) atoms. The van der Waals surface area contributed by atoms with Gasteiger partial charge in [-0.25, -0.2) is 0 Å². The number of halogens is 1. The summed E-state index contributed by atoms with van der Waals surface area (Å²) >= 11 is 5.88. The standard InChI is InChI=1S/C13H18ClNO2/c1-3-9(2)13(17)15-12(8-16)10-5-4-6-11(14)7-10/h4-7,9,12,16H,3,8H2,1-2H3,(H,15,17)/t9?,12-/m1/s1. The number of carbonyl (C=O) groups excluding carboxylic acids is 1. The maximum atomic E-state index is 11.7. The van der Waals surface area contributed by atoms with Gasteiger partial charge in [-0.15, -0.1) is 0 Å². The molecule has 0 aliphatic heterocycles. The number of aliphatic hydroxyl groups is 1. The maximum Gasteiger partial charge on any atom is 0.223 e. The van der Waals surface area contributed by atoms with Gasteiger partial charge in [-0.1, -0.05) is 37.6 Å². The van der Waals surface area contributed by atoms with E-state index in [1.807, 2.05) is 19.9 Å². The van der Waals surface area contributed by atoms with E-state index in [4.69, 9.17) is 11.6 Å². The Morgan fingerprint density at radius 1 is 1.53 bits per heavy atom. The molecular weight excluding hydrogens is 238 g/mol. The third-order valence-electron chi connectivity index (χ3n) is 2.81. The number of rotatable bonds is 5. The molecule has 0 spiro atoms. The van der Waals surface area contributed by atoms with Gasteiger partial charge in [-0.2, -0.15) is 0 Å². The predicted molar refractivity (Wildman–Crippen MR) is 68.9 cm³/mol. The molecular formula is C13H18ClNO2. The van der Waals surface area contributed by atoms with Crippen molar-refractivity contribution in [1.29, 1.82) is 0 Å². The number of aliphatic hydroxyl groups excluding tert-OH is 1. The topological polar surface area (TPSA) is 49.3 Å². The van der Waals surface area contributed by atoms with Crippen molar-refractivity contribution >= 4 is 17.5 Å². The highest BCUT2D eigenvalue weighted by molar-refractivity contribution is 6.30. The van der Waals surface area contributed by atoms with E-state index in [0.717, 1.165) is 12.0 Å². The van der Waals surface area contributed by atoms with E-state index in [9.17, 15) is 9.90 Å². The van der Waals surface area contributed by atoms with Gasteiger partial charge < -0.3 is 10.4 Å². The highest BCUT2D eigenvalue weighted by Crippen LogP contribution is 2.18. The number of carbonyl (C=O) groups is 1. The molecule has 0 saturated heterocycles. The van der Waals surface area contributed by atoms with E-state index in [1.54, 1.807) is 18.2 Å². The predicted octanol–water partition coefficient (Wildman–Crippen LogP) is 2.54. The molecule has 1 unspecified atom stereocenters. The molecule has 2 N–H and O–H groups in total. The zero-order valence-corrected chi connectivity index (χ0v) is 10.9. The van der Waals surface area contributed by atoms with E-state index in [-0.39, 0.29) is 18.4 Å². The van der Waals surface area contributed by atoms with Crippen molar-refractivity contribution in [2.45, 2.75) is 26.3 Å². The molecule has 0 aliphatic rings. The average Bonchev–Trinajstić information content (AvgIpc) is 2.34. The van der Waals surface area contributed by atoms with Crippen LogP contribution in [0.15, 0.2) is 24.3 Å². The summed E-state index contributed by atoms with van der Waals surface area (Å²) in [5.74, 6) is -0.102. The van der Waals surface area contributed by atoms with Gasteiger partial charge in [0, 0.05) is 10.9 Å². The van der Waals surface area contributed by atoms with Crippen LogP contribution in [0, 0.1) is 5.92 Å². The fourth-order valence-corrected chi connectivity index (χ4v) is 1.66. The van der Waals surface area contributed by atoms with Gasteiger partial charge in [-0.05, 0) is 24.1 Å². The largest absolute Gasteiger partial charge is 0.394 e. The second kappa shape index (κ2) is 6.62. The van der Waals surface area contributed by atoms with E-state index in [0.29, 0.717) is 5.02 Å². The van der Waals surface area contributed by atoms with Gasteiger partial charge in [0.1, 0.15) is 0 Å². The van der Waals surface area contributed by atoms with Crippen molar-refractivity contribution in [2.75, 3.05) is 6.61 Å². The van der Waals surface area contributed by atoms with Gasteiger partial charge in [0.05, 0.1) is 12.6 Å². The number of nitrogens with one attached hydrogen (secondary N) is 1. The van der Waals surface area contributed by atoms with Crippen LogP contribution in [0.4, 0.5) is 0 Å². The van der Waals surface area contributed by atoms with Crippen LogP contribution in [0.5, 0.6) is 0 Å². The Bertz CT molecular complexity index is 381. The summed E-state index contributed by atoms with van der Waals surface area (Å²) < 4.78 is 0. The lowest BCUT2D eigenvalue weighted by atomic mass is 10.0. The van der Waals surface area contributed by atoms with Crippen LogP contribution in [0.25, 0.3) is 0 Å². The van der Waals surface area contributed by atoms with Crippen molar-refractivity contribution < 1.29 is 9.90 Å². The smallest absolute Gasteiger partial charge is 0.223 e. The minimum Gasteiger partial charge on any atom is -0.394 e. The molecule has 2 atom stereocenters. The molecule has 1 rings (SSSR count). The van der Waals surface area contributed by atoms with Crippen LogP contribution in [-0.2, 0) is 4.79 Å². The van der Waals surface area contributed by atoms with Gasteiger partial charge in [0.25, 0.3) is 0 Å². The number of benzene rings is 1. The molecule has 3 nitrogen and oxygen atoms in total. The van der Waals surface area contributed by atoms with Crippen molar-refractivity contribution in [2.24, 2.45) is 5.92 Å². The first-order valence-electron chi connectivity index (χ1n) is 5.75. The van der Waals surface area contributed by atoms with E-state index >= 15 is 0 Å². The maximum absolute atomic E-state index is 11.7. The first kappa shape index (κ1) is 14.0. The zero-order valence-electron chi connectivity index (χ0n) is 10.1. The highest BCUT2D eigenvalue weighted by atomic mass is 35.5. The molecule has 0 radical (unpaired) electrons. The van der Waals surface area contributed by atoms with E-state index < -0.39 is 6.04 Å². The number of amides is 1. The van der Waals surface area contributed by atoms with Crippen LogP contribution in [0.3, 0.4) is 0 Å². The first-order valence-corrected chi connectivity index (χ1v) is 6.13. The summed E-state index contributed by atoms with van der Waals surface area (Å²) in [6.45, 7) is 3.68. The molecule has 0 aromatic heterocycles. The third kappa shape index (κ3) is 4.02. The molecule has 1 amide bonds. The molecule has 0 aliphatic carbocycles. The Hall–Kier alpha value is -1.06. The molecule has 0 heterocycles. The summed E-state index contributed by atoms with van der Waals surface area (Å²) in [6, 6.07) is 6.75.